The molecule has 1 aromatic rings. The van der Waals surface area contributed by atoms with Crippen molar-refractivity contribution in [3.63, 3.8) is 0 Å². The largest absolute Gasteiger partial charge is 0.448 e. The van der Waals surface area contributed by atoms with E-state index in [0.29, 0.717) is 6.42 Å². The fourth-order valence-corrected chi connectivity index (χ4v) is 1.41. The molecule has 0 amide bonds. The summed E-state index contributed by atoms with van der Waals surface area (Å²) in [5, 5.41) is 0. The van der Waals surface area contributed by atoms with E-state index in [0.717, 1.165) is 5.56 Å². The highest BCUT2D eigenvalue weighted by atomic mass is 16.5. The Hall–Kier alpha value is -1.39. The SMILES string of the molecule is CCC(N)(C(=O)OCN)c1ccccc1. The molecule has 1 atom stereocenters. The Morgan fingerprint density at radius 1 is 1.40 bits per heavy atom. The standard InChI is InChI=1S/C11H16N2O2/c1-2-11(13,10(14)15-8-12)9-6-4-3-5-7-9/h3-7H,2,8,12-13H2,1H3. The quantitative estimate of drug-likeness (QED) is 0.564. The average molecular weight is 208 g/mol. The van der Waals surface area contributed by atoms with E-state index < -0.39 is 11.5 Å². The first-order chi connectivity index (χ1) is 7.15. The van der Waals surface area contributed by atoms with E-state index in [4.69, 9.17) is 16.2 Å². The monoisotopic (exact) mass is 208 g/mol. The molecule has 0 radical (unpaired) electrons. The smallest absolute Gasteiger partial charge is 0.332 e. The molecule has 82 valence electrons. The Morgan fingerprint density at radius 3 is 2.47 bits per heavy atom. The fraction of sp³-hybridized carbons (Fsp3) is 0.364. The molecule has 0 bridgehead atoms. The molecule has 1 aromatic carbocycles. The van der Waals surface area contributed by atoms with Crippen molar-refractivity contribution in [3.8, 4) is 0 Å². The number of carbonyl (C=O) groups excluding carboxylic acids is 1. The van der Waals surface area contributed by atoms with Gasteiger partial charge < -0.3 is 10.5 Å². The van der Waals surface area contributed by atoms with Crippen molar-refractivity contribution in [3.05, 3.63) is 35.9 Å². The molecule has 0 aliphatic rings. The summed E-state index contributed by atoms with van der Waals surface area (Å²) in [5.74, 6) is -0.487. The van der Waals surface area contributed by atoms with Gasteiger partial charge in [0.2, 0.25) is 0 Å². The van der Waals surface area contributed by atoms with E-state index >= 15 is 0 Å². The molecule has 0 saturated heterocycles. The van der Waals surface area contributed by atoms with E-state index in [1.54, 1.807) is 12.1 Å². The van der Waals surface area contributed by atoms with Crippen LogP contribution in [0.25, 0.3) is 0 Å². The minimum atomic E-state index is -1.10. The van der Waals surface area contributed by atoms with Crippen LogP contribution in [0.2, 0.25) is 0 Å². The minimum Gasteiger partial charge on any atom is -0.448 e. The lowest BCUT2D eigenvalue weighted by Crippen LogP contribution is -2.46. The van der Waals surface area contributed by atoms with E-state index in [1.807, 2.05) is 25.1 Å². The molecule has 0 aliphatic carbocycles. The summed E-state index contributed by atoms with van der Waals surface area (Å²) >= 11 is 0. The summed E-state index contributed by atoms with van der Waals surface area (Å²) in [6.07, 6.45) is 0.468. The molecule has 0 saturated carbocycles. The lowest BCUT2D eigenvalue weighted by molar-refractivity contribution is -0.150. The van der Waals surface area contributed by atoms with Crippen molar-refractivity contribution in [1.29, 1.82) is 0 Å². The van der Waals surface area contributed by atoms with Crippen LogP contribution >= 0.6 is 0 Å². The van der Waals surface area contributed by atoms with Gasteiger partial charge in [0, 0.05) is 0 Å². The highest BCUT2D eigenvalue weighted by Gasteiger charge is 2.35. The Bertz CT molecular complexity index is 327. The number of hydrogen-bond acceptors (Lipinski definition) is 4. The first kappa shape index (κ1) is 11.7. The van der Waals surface area contributed by atoms with E-state index in [2.05, 4.69) is 0 Å². The minimum absolute atomic E-state index is 0.148. The van der Waals surface area contributed by atoms with Crippen molar-refractivity contribution >= 4 is 5.97 Å². The van der Waals surface area contributed by atoms with E-state index in [1.165, 1.54) is 0 Å². The zero-order valence-electron chi connectivity index (χ0n) is 8.77. The van der Waals surface area contributed by atoms with Gasteiger partial charge in [0.25, 0.3) is 0 Å². The third kappa shape index (κ3) is 2.34. The molecule has 0 heterocycles. The second-order valence-electron chi connectivity index (χ2n) is 3.29. The van der Waals surface area contributed by atoms with Crippen molar-refractivity contribution in [1.82, 2.24) is 0 Å². The van der Waals surface area contributed by atoms with Crippen LogP contribution in [0, 0.1) is 0 Å². The van der Waals surface area contributed by atoms with Gasteiger partial charge in [0.15, 0.2) is 0 Å². The van der Waals surface area contributed by atoms with Crippen LogP contribution in [-0.4, -0.2) is 12.7 Å². The molecule has 15 heavy (non-hydrogen) atoms. The fourth-order valence-electron chi connectivity index (χ4n) is 1.41. The highest BCUT2D eigenvalue weighted by Crippen LogP contribution is 2.23. The molecular formula is C11H16N2O2. The molecule has 0 aromatic heterocycles. The first-order valence-corrected chi connectivity index (χ1v) is 4.87. The van der Waals surface area contributed by atoms with Gasteiger partial charge in [-0.2, -0.15) is 0 Å². The maximum absolute atomic E-state index is 11.7. The van der Waals surface area contributed by atoms with E-state index in [9.17, 15) is 4.79 Å². The number of benzene rings is 1. The maximum atomic E-state index is 11.7. The molecule has 1 unspecified atom stereocenters. The molecule has 4 N–H and O–H groups in total. The second-order valence-corrected chi connectivity index (χ2v) is 3.29. The van der Waals surface area contributed by atoms with Gasteiger partial charge >= 0.3 is 5.97 Å². The third-order valence-corrected chi connectivity index (χ3v) is 2.43. The number of ether oxygens (including phenoxy) is 1. The van der Waals surface area contributed by atoms with Gasteiger partial charge in [-0.25, -0.2) is 4.79 Å². The molecule has 0 aliphatic heterocycles. The Labute approximate surface area is 89.2 Å². The average Bonchev–Trinajstić information content (AvgIpc) is 2.29. The summed E-state index contributed by atoms with van der Waals surface area (Å²) in [4.78, 5) is 11.7. The van der Waals surface area contributed by atoms with Crippen molar-refractivity contribution in [2.45, 2.75) is 18.9 Å². The van der Waals surface area contributed by atoms with Gasteiger partial charge in [-0.05, 0) is 12.0 Å². The van der Waals surface area contributed by atoms with Crippen LogP contribution in [0.4, 0.5) is 0 Å². The van der Waals surface area contributed by atoms with Crippen molar-refractivity contribution < 1.29 is 9.53 Å². The van der Waals surface area contributed by atoms with Gasteiger partial charge in [-0.1, -0.05) is 37.3 Å². The summed E-state index contributed by atoms with van der Waals surface area (Å²) < 4.78 is 4.77. The lowest BCUT2D eigenvalue weighted by Gasteiger charge is -2.25. The number of hydrogen-bond donors (Lipinski definition) is 2. The summed E-state index contributed by atoms with van der Waals surface area (Å²) in [5.41, 5.74) is 10.8. The Morgan fingerprint density at radius 2 is 2.00 bits per heavy atom. The normalized spacial score (nSPS) is 14.3. The van der Waals surface area contributed by atoms with Crippen LogP contribution in [0.15, 0.2) is 30.3 Å². The van der Waals surface area contributed by atoms with Crippen molar-refractivity contribution in [2.75, 3.05) is 6.73 Å². The lowest BCUT2D eigenvalue weighted by atomic mass is 9.88. The van der Waals surface area contributed by atoms with Gasteiger partial charge in [0.05, 0.1) is 0 Å². The maximum Gasteiger partial charge on any atom is 0.332 e. The first-order valence-electron chi connectivity index (χ1n) is 4.87. The molecule has 0 spiro atoms. The predicted molar refractivity (Wildman–Crippen MR) is 57.7 cm³/mol. The van der Waals surface area contributed by atoms with Crippen LogP contribution in [-0.2, 0) is 15.1 Å². The summed E-state index contributed by atoms with van der Waals surface area (Å²) in [6.45, 7) is 1.69. The second kappa shape index (κ2) is 4.91. The predicted octanol–water partition coefficient (Wildman–Crippen LogP) is 0.710. The third-order valence-electron chi connectivity index (χ3n) is 2.43. The topological polar surface area (TPSA) is 78.3 Å². The number of nitrogens with two attached hydrogens (primary N) is 2. The van der Waals surface area contributed by atoms with Crippen LogP contribution < -0.4 is 11.5 Å². The number of esters is 1. The highest BCUT2D eigenvalue weighted by molar-refractivity contribution is 5.82. The van der Waals surface area contributed by atoms with Gasteiger partial charge in [-0.3, -0.25) is 5.73 Å². The number of rotatable bonds is 4. The zero-order chi connectivity index (χ0) is 11.3. The molecule has 1 rings (SSSR count). The molecule has 4 heteroatoms. The summed E-state index contributed by atoms with van der Waals surface area (Å²) in [7, 11) is 0. The van der Waals surface area contributed by atoms with Gasteiger partial charge in [0.1, 0.15) is 12.3 Å². The van der Waals surface area contributed by atoms with Crippen LogP contribution in [0.3, 0.4) is 0 Å². The molecule has 4 nitrogen and oxygen atoms in total. The van der Waals surface area contributed by atoms with Gasteiger partial charge in [-0.15, -0.1) is 0 Å². The Kier molecular flexibility index (Phi) is 3.82. The van der Waals surface area contributed by atoms with Crippen LogP contribution in [0.1, 0.15) is 18.9 Å². The van der Waals surface area contributed by atoms with E-state index in [-0.39, 0.29) is 6.73 Å². The molecule has 0 fully saturated rings. The Balaban J connectivity index is 3.00. The number of carbonyl (C=O) groups is 1. The van der Waals surface area contributed by atoms with Crippen molar-refractivity contribution in [2.24, 2.45) is 11.5 Å². The summed E-state index contributed by atoms with van der Waals surface area (Å²) in [6, 6.07) is 9.15. The molecular weight excluding hydrogens is 192 g/mol. The van der Waals surface area contributed by atoms with Crippen LogP contribution in [0.5, 0.6) is 0 Å². The zero-order valence-corrected chi connectivity index (χ0v) is 8.77.